The highest BCUT2D eigenvalue weighted by molar-refractivity contribution is 6.14. The van der Waals surface area contributed by atoms with Crippen LogP contribution in [0.4, 0.5) is 10.1 Å². The van der Waals surface area contributed by atoms with Crippen molar-refractivity contribution in [3.05, 3.63) is 105 Å². The van der Waals surface area contributed by atoms with Crippen molar-refractivity contribution in [2.24, 2.45) is 5.73 Å². The number of fused-ring (bicyclic) bond motifs is 4. The summed E-state index contributed by atoms with van der Waals surface area (Å²) in [7, 11) is 1.53. The number of anilines is 1. The van der Waals surface area contributed by atoms with E-state index < -0.39 is 22.7 Å². The van der Waals surface area contributed by atoms with Crippen molar-refractivity contribution >= 4 is 11.6 Å². The van der Waals surface area contributed by atoms with E-state index in [9.17, 15) is 19.2 Å². The molecule has 2 N–H and O–H groups in total. The largest absolute Gasteiger partial charge is 0.440 e. The topological polar surface area (TPSA) is 111 Å². The Morgan fingerprint density at radius 2 is 1.89 bits per heavy atom. The van der Waals surface area contributed by atoms with Crippen LogP contribution in [0, 0.1) is 24.1 Å². The Morgan fingerprint density at radius 3 is 2.58 bits per heavy atom. The summed E-state index contributed by atoms with van der Waals surface area (Å²) in [5.74, 6) is -0.993. The first kappa shape index (κ1) is 23.3. The molecule has 36 heavy (non-hydrogen) atoms. The number of pyridine rings is 1. The van der Waals surface area contributed by atoms with Crippen LogP contribution in [0.5, 0.6) is 5.75 Å². The summed E-state index contributed by atoms with van der Waals surface area (Å²) in [4.78, 5) is 29.9. The second kappa shape index (κ2) is 8.66. The number of nitrogens with two attached hydrogens (primary N) is 1. The number of benzene rings is 2. The third-order valence-electron chi connectivity index (χ3n) is 6.74. The summed E-state index contributed by atoms with van der Waals surface area (Å²) in [6, 6.07) is 16.5. The van der Waals surface area contributed by atoms with Crippen LogP contribution in [0.3, 0.4) is 0 Å². The second-order valence-electron chi connectivity index (χ2n) is 8.71. The molecule has 1 amide bonds. The number of rotatable bonds is 5. The highest BCUT2D eigenvalue weighted by Gasteiger charge is 2.60. The van der Waals surface area contributed by atoms with Crippen LogP contribution in [-0.4, -0.2) is 24.2 Å². The van der Waals surface area contributed by atoms with E-state index in [1.54, 1.807) is 49.4 Å². The molecule has 2 aliphatic rings. The minimum atomic E-state index is -1.79. The minimum absolute atomic E-state index is 0.0361. The van der Waals surface area contributed by atoms with Gasteiger partial charge in [-0.2, -0.15) is 5.26 Å². The van der Waals surface area contributed by atoms with E-state index in [0.29, 0.717) is 22.5 Å². The summed E-state index contributed by atoms with van der Waals surface area (Å²) < 4.78 is 25.9. The Hall–Kier alpha value is -4.42. The molecule has 1 atom stereocenters. The van der Waals surface area contributed by atoms with Crippen molar-refractivity contribution in [1.29, 1.82) is 5.26 Å². The van der Waals surface area contributed by atoms with Crippen LogP contribution in [-0.2, 0) is 28.0 Å². The molecule has 9 heteroatoms. The average Bonchev–Trinajstić information content (AvgIpc) is 3.09. The van der Waals surface area contributed by atoms with E-state index in [-0.39, 0.29) is 42.5 Å². The number of amides is 1. The Bertz CT molecular complexity index is 1520. The summed E-state index contributed by atoms with van der Waals surface area (Å²) >= 11 is 0. The average molecular weight is 487 g/mol. The molecule has 0 aliphatic carbocycles. The highest BCUT2D eigenvalue weighted by atomic mass is 19.1. The predicted molar refractivity (Wildman–Crippen MR) is 130 cm³/mol. The van der Waals surface area contributed by atoms with Crippen molar-refractivity contribution in [2.45, 2.75) is 25.4 Å². The number of hydrogen-bond acceptors (Lipinski definition) is 6. The monoisotopic (exact) mass is 486 g/mol. The third kappa shape index (κ3) is 3.22. The standard InChI is InChI=1S/C27H23FN4O4/c1-16-13-22-23(25(33)31(16)11-12-35-2)27(20(14-29)24(30)36-22)19-5-3-4-6-21(19)32(26(27)34)15-17-7-9-18(28)10-8-17/h3-10,13H,11-12,15,30H2,1-2H3/t27-/m0/s1. The zero-order valence-corrected chi connectivity index (χ0v) is 19.7. The maximum atomic E-state index is 14.4. The molecule has 0 radical (unpaired) electrons. The molecule has 5 rings (SSSR count). The molecule has 1 spiro atoms. The quantitative estimate of drug-likeness (QED) is 0.594. The van der Waals surface area contributed by atoms with E-state index >= 15 is 0 Å². The van der Waals surface area contributed by atoms with Crippen LogP contribution in [0.2, 0.25) is 0 Å². The van der Waals surface area contributed by atoms with Crippen molar-refractivity contribution in [3.8, 4) is 11.8 Å². The van der Waals surface area contributed by atoms with Gasteiger partial charge >= 0.3 is 0 Å². The molecule has 3 aromatic rings. The maximum Gasteiger partial charge on any atom is 0.259 e. The van der Waals surface area contributed by atoms with Crippen molar-refractivity contribution in [1.82, 2.24) is 4.57 Å². The van der Waals surface area contributed by atoms with Gasteiger partial charge < -0.3 is 24.7 Å². The molecule has 2 aliphatic heterocycles. The molecular weight excluding hydrogens is 463 g/mol. The Balaban J connectivity index is 1.80. The lowest BCUT2D eigenvalue weighted by Gasteiger charge is -2.34. The van der Waals surface area contributed by atoms with E-state index in [2.05, 4.69) is 6.07 Å². The van der Waals surface area contributed by atoms with Gasteiger partial charge in [0.15, 0.2) is 5.41 Å². The molecule has 2 aromatic carbocycles. The normalized spacial score (nSPS) is 18.2. The maximum absolute atomic E-state index is 14.4. The molecule has 1 aromatic heterocycles. The molecule has 0 bridgehead atoms. The summed E-state index contributed by atoms with van der Waals surface area (Å²) in [5, 5.41) is 10.2. The lowest BCUT2D eigenvalue weighted by atomic mass is 9.69. The Morgan fingerprint density at radius 1 is 1.17 bits per heavy atom. The lowest BCUT2D eigenvalue weighted by molar-refractivity contribution is -0.121. The zero-order chi connectivity index (χ0) is 25.6. The SMILES string of the molecule is COCCn1c(C)cc2c(c1=O)[C@@]1(C(=O)N(Cc3ccc(F)cc3)c3ccccc31)C(C#N)=C(N)O2. The Kier molecular flexibility index (Phi) is 5.61. The van der Waals surface area contributed by atoms with Crippen LogP contribution in [0.25, 0.3) is 0 Å². The first-order chi connectivity index (χ1) is 17.3. The van der Waals surface area contributed by atoms with Crippen LogP contribution >= 0.6 is 0 Å². The number of nitrogens with zero attached hydrogens (tertiary/aromatic N) is 3. The number of para-hydroxylation sites is 1. The summed E-state index contributed by atoms with van der Waals surface area (Å²) in [6.07, 6.45) is 0. The number of methoxy groups -OCH3 is 1. The number of carbonyl (C=O) groups is 1. The molecule has 0 unspecified atom stereocenters. The molecule has 8 nitrogen and oxygen atoms in total. The minimum Gasteiger partial charge on any atom is -0.440 e. The van der Waals surface area contributed by atoms with Gasteiger partial charge in [0.25, 0.3) is 5.56 Å². The zero-order valence-electron chi connectivity index (χ0n) is 19.7. The third-order valence-corrected chi connectivity index (χ3v) is 6.74. The fourth-order valence-corrected chi connectivity index (χ4v) is 5.11. The van der Waals surface area contributed by atoms with Gasteiger partial charge in [-0.3, -0.25) is 9.59 Å². The molecular formula is C27H23FN4O4. The lowest BCUT2D eigenvalue weighted by Crippen LogP contribution is -2.50. The van der Waals surface area contributed by atoms with Crippen molar-refractivity contribution in [2.75, 3.05) is 18.6 Å². The number of aryl methyl sites for hydroxylation is 1. The number of hydrogen-bond donors (Lipinski definition) is 1. The van der Waals surface area contributed by atoms with Crippen molar-refractivity contribution in [3.63, 3.8) is 0 Å². The molecule has 0 saturated heterocycles. The van der Waals surface area contributed by atoms with Crippen molar-refractivity contribution < 1.29 is 18.7 Å². The fourth-order valence-electron chi connectivity index (χ4n) is 5.11. The van der Waals surface area contributed by atoms with Gasteiger partial charge in [0.05, 0.1) is 18.7 Å². The number of nitriles is 1. The first-order valence-electron chi connectivity index (χ1n) is 11.3. The molecule has 0 saturated carbocycles. The van der Waals surface area contributed by atoms with Gasteiger partial charge in [-0.15, -0.1) is 0 Å². The predicted octanol–water partition coefficient (Wildman–Crippen LogP) is 2.86. The van der Waals surface area contributed by atoms with Gasteiger partial charge in [0.1, 0.15) is 23.2 Å². The Labute approximate surface area is 206 Å². The van der Waals surface area contributed by atoms with Crippen LogP contribution in [0.1, 0.15) is 22.4 Å². The summed E-state index contributed by atoms with van der Waals surface area (Å²) in [6.45, 7) is 2.38. The van der Waals surface area contributed by atoms with Crippen LogP contribution < -0.4 is 20.9 Å². The van der Waals surface area contributed by atoms with Crippen LogP contribution in [0.15, 0.2) is 70.8 Å². The number of halogens is 1. The van der Waals surface area contributed by atoms with Gasteiger partial charge in [0, 0.05) is 36.7 Å². The second-order valence-corrected chi connectivity index (χ2v) is 8.71. The van der Waals surface area contributed by atoms with Gasteiger partial charge in [-0.25, -0.2) is 4.39 Å². The molecule has 3 heterocycles. The smallest absolute Gasteiger partial charge is 0.259 e. The number of ether oxygens (including phenoxy) is 2. The molecule has 182 valence electrons. The van der Waals surface area contributed by atoms with E-state index in [1.807, 2.05) is 0 Å². The first-order valence-corrected chi connectivity index (χ1v) is 11.3. The van der Waals surface area contributed by atoms with E-state index in [4.69, 9.17) is 15.2 Å². The van der Waals surface area contributed by atoms with E-state index in [0.717, 1.165) is 0 Å². The highest BCUT2D eigenvalue weighted by Crippen LogP contribution is 2.54. The van der Waals surface area contributed by atoms with Gasteiger partial charge in [0.2, 0.25) is 11.8 Å². The molecule has 0 fully saturated rings. The number of aromatic nitrogens is 1. The fraction of sp³-hybridized carbons (Fsp3) is 0.222. The van der Waals surface area contributed by atoms with Gasteiger partial charge in [-0.1, -0.05) is 30.3 Å². The number of carbonyl (C=O) groups excluding carboxylic acids is 1. The summed E-state index contributed by atoms with van der Waals surface area (Å²) in [5.41, 5.74) is 6.11. The van der Waals surface area contributed by atoms with Gasteiger partial charge in [-0.05, 0) is 30.7 Å². The van der Waals surface area contributed by atoms with E-state index in [1.165, 1.54) is 28.7 Å².